The van der Waals surface area contributed by atoms with Crippen molar-refractivity contribution in [1.82, 2.24) is 0 Å². The Bertz CT molecular complexity index is 675. The lowest BCUT2D eigenvalue weighted by molar-refractivity contribution is 0.303. The van der Waals surface area contributed by atoms with Crippen molar-refractivity contribution in [2.75, 3.05) is 6.61 Å². The highest BCUT2D eigenvalue weighted by Gasteiger charge is 2.13. The van der Waals surface area contributed by atoms with Crippen LogP contribution in [0.1, 0.15) is 35.4 Å². The Morgan fingerprint density at radius 1 is 1.18 bits per heavy atom. The minimum absolute atomic E-state index is 0.129. The highest BCUT2D eigenvalue weighted by Crippen LogP contribution is 2.25. The largest absolute Gasteiger partial charge is 0.493 e. The number of hydrogen-bond acceptors (Lipinski definition) is 2. The molecule has 0 aliphatic carbocycles. The summed E-state index contributed by atoms with van der Waals surface area (Å²) in [5.74, 6) is 0.0963. The normalized spacial score (nSPS) is 11.7. The molecule has 1 atom stereocenters. The molecule has 0 amide bonds. The van der Waals surface area contributed by atoms with Gasteiger partial charge < -0.3 is 4.74 Å². The van der Waals surface area contributed by atoms with Crippen molar-refractivity contribution in [2.24, 2.45) is 0 Å². The molecule has 0 aliphatic rings. The Balaban J connectivity index is 1.89. The van der Waals surface area contributed by atoms with Gasteiger partial charge in [0.05, 0.1) is 18.6 Å². The minimum Gasteiger partial charge on any atom is -0.493 e. The van der Waals surface area contributed by atoms with Crippen molar-refractivity contribution in [1.29, 1.82) is 5.26 Å². The van der Waals surface area contributed by atoms with Gasteiger partial charge in [-0.1, -0.05) is 29.8 Å². The van der Waals surface area contributed by atoms with Crippen LogP contribution in [0, 0.1) is 31.0 Å². The maximum atomic E-state index is 13.0. The topological polar surface area (TPSA) is 33.0 Å². The summed E-state index contributed by atoms with van der Waals surface area (Å²) < 4.78 is 18.6. The zero-order valence-electron chi connectivity index (χ0n) is 13.0. The zero-order chi connectivity index (χ0) is 15.9. The predicted molar refractivity (Wildman–Crippen MR) is 85.4 cm³/mol. The van der Waals surface area contributed by atoms with Crippen LogP contribution in [0.3, 0.4) is 0 Å². The lowest BCUT2D eigenvalue weighted by Crippen LogP contribution is -2.04. The Morgan fingerprint density at radius 3 is 2.73 bits per heavy atom. The molecule has 0 saturated heterocycles. The van der Waals surface area contributed by atoms with Crippen LogP contribution in [0.4, 0.5) is 4.39 Å². The summed E-state index contributed by atoms with van der Waals surface area (Å²) in [6.07, 6.45) is 1.48. The average molecular weight is 297 g/mol. The number of nitriles is 1. The van der Waals surface area contributed by atoms with Crippen molar-refractivity contribution < 1.29 is 9.13 Å². The quantitative estimate of drug-likeness (QED) is 0.710. The molecule has 2 rings (SSSR count). The highest BCUT2D eigenvalue weighted by atomic mass is 19.1. The van der Waals surface area contributed by atoms with Crippen LogP contribution in [0.2, 0.25) is 0 Å². The minimum atomic E-state index is -0.303. The molecule has 3 heteroatoms. The standard InChI is InChI=1S/C19H20FNO/c1-14-8-9-15(2)19(11-14)16(13-21)5-4-10-22-18-7-3-6-17(20)12-18/h3,6-9,11-12,16H,4-5,10H2,1-2H3. The fourth-order valence-electron chi connectivity index (χ4n) is 2.46. The van der Waals surface area contributed by atoms with E-state index in [1.165, 1.54) is 12.1 Å². The molecule has 2 aromatic carbocycles. The summed E-state index contributed by atoms with van der Waals surface area (Å²) in [5.41, 5.74) is 3.40. The second-order valence-corrected chi connectivity index (χ2v) is 5.49. The number of halogens is 1. The van der Waals surface area contributed by atoms with Crippen LogP contribution < -0.4 is 4.74 Å². The second kappa shape index (κ2) is 7.61. The van der Waals surface area contributed by atoms with Gasteiger partial charge in [0.2, 0.25) is 0 Å². The van der Waals surface area contributed by atoms with Gasteiger partial charge in [0, 0.05) is 6.07 Å². The van der Waals surface area contributed by atoms with Gasteiger partial charge in [0.15, 0.2) is 0 Å². The van der Waals surface area contributed by atoms with E-state index in [0.717, 1.165) is 29.5 Å². The summed E-state index contributed by atoms with van der Waals surface area (Å²) in [4.78, 5) is 0. The first-order chi connectivity index (χ1) is 10.6. The molecule has 0 aliphatic heterocycles. The summed E-state index contributed by atoms with van der Waals surface area (Å²) in [7, 11) is 0. The van der Waals surface area contributed by atoms with E-state index in [1.807, 2.05) is 13.8 Å². The first kappa shape index (κ1) is 16.0. The summed E-state index contributed by atoms with van der Waals surface area (Å²) in [6.45, 7) is 4.54. The SMILES string of the molecule is Cc1ccc(C)c(C(C#N)CCCOc2cccc(F)c2)c1. The smallest absolute Gasteiger partial charge is 0.126 e. The van der Waals surface area contributed by atoms with Crippen molar-refractivity contribution in [3.63, 3.8) is 0 Å². The lowest BCUT2D eigenvalue weighted by atomic mass is 9.91. The molecule has 0 aromatic heterocycles. The third-order valence-electron chi connectivity index (χ3n) is 3.67. The Hall–Kier alpha value is -2.34. The fraction of sp³-hybridized carbons (Fsp3) is 0.316. The molecular formula is C19H20FNO. The molecule has 2 aromatic rings. The summed E-state index contributed by atoms with van der Waals surface area (Å²) in [6, 6.07) is 14.7. The second-order valence-electron chi connectivity index (χ2n) is 5.49. The molecule has 0 heterocycles. The zero-order valence-corrected chi connectivity index (χ0v) is 13.0. The van der Waals surface area contributed by atoms with Crippen LogP contribution in [0.5, 0.6) is 5.75 Å². The Morgan fingerprint density at radius 2 is 2.00 bits per heavy atom. The third-order valence-corrected chi connectivity index (χ3v) is 3.67. The lowest BCUT2D eigenvalue weighted by Gasteiger charge is -2.13. The predicted octanol–water partition coefficient (Wildman–Crippen LogP) is 4.91. The summed E-state index contributed by atoms with van der Waals surface area (Å²) >= 11 is 0. The van der Waals surface area contributed by atoms with Crippen molar-refractivity contribution in [2.45, 2.75) is 32.6 Å². The van der Waals surface area contributed by atoms with Crippen LogP contribution in [0.15, 0.2) is 42.5 Å². The van der Waals surface area contributed by atoms with Gasteiger partial charge in [-0.25, -0.2) is 4.39 Å². The van der Waals surface area contributed by atoms with Crippen molar-refractivity contribution in [3.8, 4) is 11.8 Å². The first-order valence-corrected chi connectivity index (χ1v) is 7.45. The highest BCUT2D eigenvalue weighted by molar-refractivity contribution is 5.36. The number of hydrogen-bond donors (Lipinski definition) is 0. The molecule has 2 nitrogen and oxygen atoms in total. The molecule has 22 heavy (non-hydrogen) atoms. The Kier molecular flexibility index (Phi) is 5.55. The fourth-order valence-corrected chi connectivity index (χ4v) is 2.46. The van der Waals surface area contributed by atoms with Crippen LogP contribution in [-0.2, 0) is 0 Å². The number of benzene rings is 2. The first-order valence-electron chi connectivity index (χ1n) is 7.45. The monoisotopic (exact) mass is 297 g/mol. The van der Waals surface area contributed by atoms with Crippen LogP contribution >= 0.6 is 0 Å². The maximum Gasteiger partial charge on any atom is 0.126 e. The van der Waals surface area contributed by atoms with Gasteiger partial charge in [-0.15, -0.1) is 0 Å². The van der Waals surface area contributed by atoms with Gasteiger partial charge in [-0.2, -0.15) is 5.26 Å². The Labute approximate surface area is 131 Å². The van der Waals surface area contributed by atoms with E-state index in [1.54, 1.807) is 12.1 Å². The van der Waals surface area contributed by atoms with E-state index in [4.69, 9.17) is 4.74 Å². The number of aryl methyl sites for hydroxylation is 2. The molecule has 0 saturated carbocycles. The number of ether oxygens (including phenoxy) is 1. The van der Waals surface area contributed by atoms with Crippen LogP contribution in [-0.4, -0.2) is 6.61 Å². The molecule has 0 fully saturated rings. The van der Waals surface area contributed by atoms with Gasteiger partial charge in [0.25, 0.3) is 0 Å². The maximum absolute atomic E-state index is 13.0. The van der Waals surface area contributed by atoms with Crippen molar-refractivity contribution >= 4 is 0 Å². The molecule has 114 valence electrons. The molecule has 0 radical (unpaired) electrons. The molecule has 0 N–H and O–H groups in total. The molecule has 0 spiro atoms. The molecule has 0 bridgehead atoms. The van der Waals surface area contributed by atoms with Gasteiger partial charge in [-0.3, -0.25) is 0 Å². The van der Waals surface area contributed by atoms with E-state index >= 15 is 0 Å². The van der Waals surface area contributed by atoms with Gasteiger partial charge >= 0.3 is 0 Å². The van der Waals surface area contributed by atoms with Gasteiger partial charge in [-0.05, 0) is 49.9 Å². The molecular weight excluding hydrogens is 277 g/mol. The van der Waals surface area contributed by atoms with E-state index in [0.29, 0.717) is 12.4 Å². The number of nitrogens with zero attached hydrogens (tertiary/aromatic N) is 1. The number of rotatable bonds is 6. The van der Waals surface area contributed by atoms with E-state index in [2.05, 4.69) is 24.3 Å². The van der Waals surface area contributed by atoms with Crippen LogP contribution in [0.25, 0.3) is 0 Å². The average Bonchev–Trinajstić information content (AvgIpc) is 2.50. The van der Waals surface area contributed by atoms with E-state index in [9.17, 15) is 9.65 Å². The van der Waals surface area contributed by atoms with E-state index in [-0.39, 0.29) is 11.7 Å². The van der Waals surface area contributed by atoms with Crippen molar-refractivity contribution in [3.05, 3.63) is 65.0 Å². The van der Waals surface area contributed by atoms with Gasteiger partial charge in [0.1, 0.15) is 11.6 Å². The van der Waals surface area contributed by atoms with E-state index < -0.39 is 0 Å². The molecule has 1 unspecified atom stereocenters. The summed E-state index contributed by atoms with van der Waals surface area (Å²) in [5, 5.41) is 9.41. The third kappa shape index (κ3) is 4.33.